The first-order chi connectivity index (χ1) is 17.3. The number of ketones is 1. The van der Waals surface area contributed by atoms with Crippen molar-refractivity contribution in [1.82, 2.24) is 19.9 Å². The van der Waals surface area contributed by atoms with Crippen LogP contribution < -0.4 is 5.32 Å². The minimum Gasteiger partial charge on any atom is -0.444 e. The largest absolute Gasteiger partial charge is 0.444 e. The van der Waals surface area contributed by atoms with Crippen molar-refractivity contribution in [2.45, 2.75) is 78.0 Å². The van der Waals surface area contributed by atoms with Gasteiger partial charge < -0.3 is 19.0 Å². The molecule has 1 unspecified atom stereocenters. The number of benzene rings is 1. The molecule has 2 aromatic heterocycles. The van der Waals surface area contributed by atoms with Crippen LogP contribution in [0.4, 0.5) is 9.18 Å². The molecule has 3 aromatic rings. The number of imidazole rings is 1. The molecule has 9 heteroatoms. The summed E-state index contributed by atoms with van der Waals surface area (Å²) in [5, 5.41) is 2.95. The van der Waals surface area contributed by atoms with Gasteiger partial charge >= 0.3 is 6.09 Å². The number of rotatable bonds is 9. The minimum absolute atomic E-state index is 0.0957. The van der Waals surface area contributed by atoms with Crippen LogP contribution in [0.1, 0.15) is 83.4 Å². The van der Waals surface area contributed by atoms with Crippen molar-refractivity contribution in [1.29, 1.82) is 0 Å². The molecule has 0 saturated carbocycles. The van der Waals surface area contributed by atoms with E-state index in [1.165, 1.54) is 24.6 Å². The van der Waals surface area contributed by atoms with Gasteiger partial charge in [-0.2, -0.15) is 0 Å². The lowest BCUT2D eigenvalue weighted by molar-refractivity contribution is 0.0499. The molecule has 0 aliphatic rings. The second kappa shape index (κ2) is 11.5. The van der Waals surface area contributed by atoms with Gasteiger partial charge in [-0.15, -0.1) is 0 Å². The quantitative estimate of drug-likeness (QED) is 0.257. The van der Waals surface area contributed by atoms with Crippen LogP contribution in [-0.2, 0) is 10.3 Å². The SMILES string of the molecule is CC(C)(C)OC(=O)NC(CC=CCCC(=O)c1ncco1)c1nc(-c2ccc(F)cc2)cn1C(C)(C)C. The summed E-state index contributed by atoms with van der Waals surface area (Å²) in [5.74, 6) is 0.233. The summed E-state index contributed by atoms with van der Waals surface area (Å²) in [5.41, 5.74) is 0.424. The fraction of sp³-hybridized carbons (Fsp3) is 0.429. The number of hydrogen-bond acceptors (Lipinski definition) is 6. The molecule has 8 nitrogen and oxygen atoms in total. The smallest absolute Gasteiger partial charge is 0.408 e. The number of amides is 1. The molecular weight excluding hydrogens is 475 g/mol. The van der Waals surface area contributed by atoms with Gasteiger partial charge in [0.15, 0.2) is 0 Å². The van der Waals surface area contributed by atoms with Crippen LogP contribution in [0.25, 0.3) is 11.3 Å². The molecular formula is C28H35FN4O4. The molecule has 2 heterocycles. The van der Waals surface area contributed by atoms with Crippen LogP contribution in [0.2, 0.25) is 0 Å². The third-order valence-electron chi connectivity index (χ3n) is 5.35. The van der Waals surface area contributed by atoms with E-state index in [1.807, 2.05) is 43.7 Å². The molecule has 0 aliphatic carbocycles. The zero-order chi connectivity index (χ0) is 27.2. The second-order valence-electron chi connectivity index (χ2n) is 10.7. The number of halogens is 1. The third kappa shape index (κ3) is 8.13. The standard InChI is InChI=1S/C28H35FN4O4/c1-27(2,3)33-18-22(19-12-14-20(29)15-13-19)31-24(33)21(32-26(35)37-28(4,5)6)10-8-7-9-11-23(34)25-30-16-17-36-25/h7-8,12-18,21H,9-11H2,1-6H3,(H,32,35). The molecule has 1 N–H and O–H groups in total. The van der Waals surface area contributed by atoms with Crippen LogP contribution >= 0.6 is 0 Å². The minimum atomic E-state index is -0.663. The Hall–Kier alpha value is -3.75. The molecule has 0 saturated heterocycles. The Bertz CT molecular complexity index is 1220. The molecule has 1 atom stereocenters. The van der Waals surface area contributed by atoms with Crippen LogP contribution in [0.3, 0.4) is 0 Å². The monoisotopic (exact) mass is 510 g/mol. The summed E-state index contributed by atoms with van der Waals surface area (Å²) in [6, 6.07) is 5.63. The maximum absolute atomic E-state index is 13.5. The van der Waals surface area contributed by atoms with Gasteiger partial charge in [-0.1, -0.05) is 12.2 Å². The summed E-state index contributed by atoms with van der Waals surface area (Å²) in [4.78, 5) is 33.6. The van der Waals surface area contributed by atoms with Gasteiger partial charge in [0.05, 0.1) is 17.9 Å². The first-order valence-electron chi connectivity index (χ1n) is 12.3. The fourth-order valence-corrected chi connectivity index (χ4v) is 3.65. The second-order valence-corrected chi connectivity index (χ2v) is 10.7. The van der Waals surface area contributed by atoms with Crippen LogP contribution in [0, 0.1) is 5.82 Å². The van der Waals surface area contributed by atoms with Crippen molar-refractivity contribution in [2.24, 2.45) is 0 Å². The summed E-state index contributed by atoms with van der Waals surface area (Å²) in [6.07, 6.45) is 9.12. The lowest BCUT2D eigenvalue weighted by Crippen LogP contribution is -2.37. The van der Waals surface area contributed by atoms with Gasteiger partial charge in [-0.05, 0) is 78.6 Å². The number of oxazole rings is 1. The summed E-state index contributed by atoms with van der Waals surface area (Å²) < 4.78 is 26.0. The van der Waals surface area contributed by atoms with Crippen molar-refractivity contribution in [3.05, 3.63) is 72.6 Å². The van der Waals surface area contributed by atoms with E-state index in [-0.39, 0.29) is 29.5 Å². The Kier molecular flexibility index (Phi) is 8.68. The van der Waals surface area contributed by atoms with Crippen molar-refractivity contribution >= 4 is 11.9 Å². The fourth-order valence-electron chi connectivity index (χ4n) is 3.65. The zero-order valence-corrected chi connectivity index (χ0v) is 22.2. The molecule has 198 valence electrons. The maximum atomic E-state index is 13.5. The predicted molar refractivity (Wildman–Crippen MR) is 139 cm³/mol. The Labute approximate surface area is 216 Å². The first kappa shape index (κ1) is 27.8. The first-order valence-corrected chi connectivity index (χ1v) is 12.3. The molecule has 3 rings (SSSR count). The van der Waals surface area contributed by atoms with Crippen molar-refractivity contribution in [2.75, 3.05) is 0 Å². The number of nitrogens with zero attached hydrogens (tertiary/aromatic N) is 3. The molecule has 0 spiro atoms. The highest BCUT2D eigenvalue weighted by atomic mass is 19.1. The molecule has 0 aliphatic heterocycles. The maximum Gasteiger partial charge on any atom is 0.408 e. The number of hydrogen-bond donors (Lipinski definition) is 1. The van der Waals surface area contributed by atoms with E-state index < -0.39 is 17.7 Å². The topological polar surface area (TPSA) is 99.2 Å². The van der Waals surface area contributed by atoms with Crippen molar-refractivity contribution in [3.8, 4) is 11.3 Å². The van der Waals surface area contributed by atoms with E-state index in [1.54, 1.807) is 32.9 Å². The highest BCUT2D eigenvalue weighted by Gasteiger charge is 2.28. The average molecular weight is 511 g/mol. The number of ether oxygens (including phenoxy) is 1. The Morgan fingerprint density at radius 1 is 1.14 bits per heavy atom. The summed E-state index contributed by atoms with van der Waals surface area (Å²) in [7, 11) is 0. The normalized spacial score (nSPS) is 13.1. The van der Waals surface area contributed by atoms with E-state index >= 15 is 0 Å². The number of nitrogens with one attached hydrogen (secondary N) is 1. The van der Waals surface area contributed by atoms with E-state index in [9.17, 15) is 14.0 Å². The lowest BCUT2D eigenvalue weighted by atomic mass is 10.1. The van der Waals surface area contributed by atoms with Gasteiger partial charge in [0.2, 0.25) is 5.78 Å². The predicted octanol–water partition coefficient (Wildman–Crippen LogP) is 6.61. The molecule has 1 aromatic carbocycles. The average Bonchev–Trinajstić information content (AvgIpc) is 3.47. The van der Waals surface area contributed by atoms with E-state index in [2.05, 4.69) is 10.3 Å². The molecule has 1 amide bonds. The third-order valence-corrected chi connectivity index (χ3v) is 5.35. The van der Waals surface area contributed by atoms with Crippen LogP contribution in [0.15, 0.2) is 59.5 Å². The van der Waals surface area contributed by atoms with Gasteiger partial charge in [0.1, 0.15) is 23.5 Å². The Balaban J connectivity index is 1.85. The van der Waals surface area contributed by atoms with E-state index in [0.29, 0.717) is 24.4 Å². The molecule has 0 radical (unpaired) electrons. The van der Waals surface area contributed by atoms with Gasteiger partial charge in [-0.3, -0.25) is 4.79 Å². The van der Waals surface area contributed by atoms with Crippen molar-refractivity contribution in [3.63, 3.8) is 0 Å². The van der Waals surface area contributed by atoms with Crippen LogP contribution in [-0.4, -0.2) is 32.0 Å². The van der Waals surface area contributed by atoms with Crippen LogP contribution in [0.5, 0.6) is 0 Å². The number of allylic oxidation sites excluding steroid dienone is 1. The van der Waals surface area contributed by atoms with Gasteiger partial charge in [-0.25, -0.2) is 19.2 Å². The van der Waals surface area contributed by atoms with E-state index in [0.717, 1.165) is 5.56 Å². The van der Waals surface area contributed by atoms with Gasteiger partial charge in [0.25, 0.3) is 5.89 Å². The number of carbonyl (C=O) groups is 2. The zero-order valence-electron chi connectivity index (χ0n) is 22.2. The highest BCUT2D eigenvalue weighted by Crippen LogP contribution is 2.29. The lowest BCUT2D eigenvalue weighted by Gasteiger charge is -2.28. The molecule has 37 heavy (non-hydrogen) atoms. The molecule has 0 bridgehead atoms. The highest BCUT2D eigenvalue weighted by molar-refractivity contribution is 5.91. The number of aromatic nitrogens is 3. The Morgan fingerprint density at radius 2 is 1.84 bits per heavy atom. The van der Waals surface area contributed by atoms with Crippen molar-refractivity contribution < 1.29 is 23.1 Å². The number of carbonyl (C=O) groups excluding carboxylic acids is 2. The van der Waals surface area contributed by atoms with Gasteiger partial charge in [0, 0.05) is 23.7 Å². The Morgan fingerprint density at radius 3 is 2.43 bits per heavy atom. The number of Topliss-reactive ketones (excluding diaryl/α,β-unsaturated/α-hetero) is 1. The summed E-state index contributed by atoms with van der Waals surface area (Å²) in [6.45, 7) is 11.5. The molecule has 0 fully saturated rings. The summed E-state index contributed by atoms with van der Waals surface area (Å²) >= 11 is 0. The van der Waals surface area contributed by atoms with E-state index in [4.69, 9.17) is 14.1 Å². The number of alkyl carbamates (subject to hydrolysis) is 1.